The van der Waals surface area contributed by atoms with Crippen LogP contribution in [0.3, 0.4) is 0 Å². The third-order valence-corrected chi connectivity index (χ3v) is 4.91. The lowest BCUT2D eigenvalue weighted by atomic mass is 9.87. The molecule has 1 aliphatic carbocycles. The van der Waals surface area contributed by atoms with Gasteiger partial charge in [-0.15, -0.1) is 0 Å². The van der Waals surface area contributed by atoms with Crippen molar-refractivity contribution in [2.75, 3.05) is 0 Å². The van der Waals surface area contributed by atoms with Gasteiger partial charge in [0.05, 0.1) is 16.5 Å². The lowest BCUT2D eigenvalue weighted by molar-refractivity contribution is -0.312. The van der Waals surface area contributed by atoms with Gasteiger partial charge in [0.1, 0.15) is 0 Å². The first-order valence-electron chi connectivity index (χ1n) is 7.72. The number of amides is 1. The van der Waals surface area contributed by atoms with Gasteiger partial charge in [-0.05, 0) is 31.4 Å². The highest BCUT2D eigenvalue weighted by Gasteiger charge is 2.68. The summed E-state index contributed by atoms with van der Waals surface area (Å²) in [6.07, 6.45) is -2.52. The monoisotopic (exact) mass is 360 g/mol. The molecular weight excluding hydrogens is 345 g/mol. The van der Waals surface area contributed by atoms with Crippen LogP contribution in [0.4, 0.5) is 13.2 Å². The zero-order valence-electron chi connectivity index (χ0n) is 12.7. The number of carbonyl (C=O) groups excluding carboxylic acids is 1. The number of nitrogens with zero attached hydrogens (tertiary/aromatic N) is 2. The van der Waals surface area contributed by atoms with Gasteiger partial charge in [0, 0.05) is 5.71 Å². The summed E-state index contributed by atoms with van der Waals surface area (Å²) >= 11 is 5.93. The Morgan fingerprint density at radius 1 is 1.29 bits per heavy atom. The van der Waals surface area contributed by atoms with E-state index in [1.807, 2.05) is 0 Å². The summed E-state index contributed by atoms with van der Waals surface area (Å²) < 4.78 is 41.2. The SMILES string of the molecule is O=C(c1ccccc1Cl)N1N=C2CCCCC[C@H]2[C@]1(O)C(F)(F)F. The Hall–Kier alpha value is -1.60. The summed E-state index contributed by atoms with van der Waals surface area (Å²) in [7, 11) is 0. The van der Waals surface area contributed by atoms with Crippen LogP contribution in [0.5, 0.6) is 0 Å². The van der Waals surface area contributed by atoms with Gasteiger partial charge in [0.25, 0.3) is 11.6 Å². The molecule has 0 spiro atoms. The number of fused-ring (bicyclic) bond motifs is 1. The Morgan fingerprint density at radius 3 is 2.67 bits per heavy atom. The second-order valence-corrected chi connectivity index (χ2v) is 6.47. The number of hydrazone groups is 1. The summed E-state index contributed by atoms with van der Waals surface area (Å²) in [5, 5.41) is 14.6. The van der Waals surface area contributed by atoms with Crippen LogP contribution in [-0.2, 0) is 0 Å². The standard InChI is InChI=1S/C16H16ClF3N2O2/c17-12-8-5-4-6-10(12)14(23)22-15(24,16(18,19)20)11-7-2-1-3-9-13(11)21-22/h4-6,8,11,24H,1-3,7,9H2/t11-,15+/m1/s1. The zero-order chi connectivity index (χ0) is 17.5. The summed E-state index contributed by atoms with van der Waals surface area (Å²) in [5.74, 6) is -2.28. The van der Waals surface area contributed by atoms with Gasteiger partial charge in [-0.1, -0.05) is 36.6 Å². The van der Waals surface area contributed by atoms with E-state index in [1.165, 1.54) is 18.2 Å². The van der Waals surface area contributed by atoms with Gasteiger partial charge >= 0.3 is 6.18 Å². The fourth-order valence-electron chi connectivity index (χ4n) is 3.34. The van der Waals surface area contributed by atoms with Crippen LogP contribution in [0, 0.1) is 5.92 Å². The molecule has 3 rings (SSSR count). The number of carbonyl (C=O) groups is 1. The van der Waals surface area contributed by atoms with Crippen molar-refractivity contribution in [1.82, 2.24) is 5.01 Å². The Kier molecular flexibility index (Phi) is 4.34. The van der Waals surface area contributed by atoms with Crippen molar-refractivity contribution in [1.29, 1.82) is 0 Å². The normalized spacial score (nSPS) is 27.5. The molecule has 0 radical (unpaired) electrons. The molecule has 0 saturated heterocycles. The van der Waals surface area contributed by atoms with E-state index in [0.717, 1.165) is 6.42 Å². The van der Waals surface area contributed by atoms with Gasteiger partial charge < -0.3 is 5.11 Å². The van der Waals surface area contributed by atoms with Gasteiger partial charge in [-0.25, -0.2) is 0 Å². The van der Waals surface area contributed by atoms with Gasteiger partial charge in [0.15, 0.2) is 0 Å². The average molecular weight is 361 g/mol. The van der Waals surface area contributed by atoms with Crippen LogP contribution >= 0.6 is 11.6 Å². The molecule has 1 saturated carbocycles. The molecule has 1 N–H and O–H groups in total. The van der Waals surface area contributed by atoms with E-state index in [2.05, 4.69) is 5.10 Å². The minimum Gasteiger partial charge on any atom is -0.362 e. The number of aliphatic hydroxyl groups is 1. The fraction of sp³-hybridized carbons (Fsp3) is 0.500. The highest BCUT2D eigenvalue weighted by atomic mass is 35.5. The Labute approximate surface area is 141 Å². The zero-order valence-corrected chi connectivity index (χ0v) is 13.4. The largest absolute Gasteiger partial charge is 0.439 e. The van der Waals surface area contributed by atoms with Crippen LogP contribution in [0.15, 0.2) is 29.4 Å². The van der Waals surface area contributed by atoms with Crippen LogP contribution < -0.4 is 0 Å². The Bertz CT molecular complexity index is 692. The van der Waals surface area contributed by atoms with Crippen molar-refractivity contribution in [2.24, 2.45) is 11.0 Å². The lowest BCUT2D eigenvalue weighted by Gasteiger charge is -2.37. The molecule has 1 fully saturated rings. The summed E-state index contributed by atoms with van der Waals surface area (Å²) in [5.41, 5.74) is -3.22. The van der Waals surface area contributed by atoms with Gasteiger partial charge in [-0.3, -0.25) is 4.79 Å². The molecule has 2 aliphatic rings. The van der Waals surface area contributed by atoms with E-state index in [4.69, 9.17) is 11.6 Å². The van der Waals surface area contributed by atoms with E-state index in [-0.39, 0.29) is 27.7 Å². The molecule has 130 valence electrons. The van der Waals surface area contributed by atoms with E-state index < -0.39 is 23.7 Å². The topological polar surface area (TPSA) is 52.9 Å². The van der Waals surface area contributed by atoms with E-state index >= 15 is 0 Å². The minimum absolute atomic E-state index is 0.0133. The molecule has 1 amide bonds. The predicted molar refractivity (Wildman–Crippen MR) is 82.6 cm³/mol. The summed E-state index contributed by atoms with van der Waals surface area (Å²) in [4.78, 5) is 12.6. The first-order chi connectivity index (χ1) is 11.3. The molecule has 1 heterocycles. The van der Waals surface area contributed by atoms with Gasteiger partial charge in [-0.2, -0.15) is 23.3 Å². The number of benzene rings is 1. The van der Waals surface area contributed by atoms with Crippen molar-refractivity contribution in [3.8, 4) is 0 Å². The molecule has 0 unspecified atom stereocenters. The number of hydrogen-bond acceptors (Lipinski definition) is 3. The highest BCUT2D eigenvalue weighted by molar-refractivity contribution is 6.33. The summed E-state index contributed by atoms with van der Waals surface area (Å²) in [6, 6.07) is 5.78. The Morgan fingerprint density at radius 2 is 2.00 bits per heavy atom. The first kappa shape index (κ1) is 17.2. The van der Waals surface area contributed by atoms with Crippen LogP contribution in [0.2, 0.25) is 5.02 Å². The first-order valence-corrected chi connectivity index (χ1v) is 8.10. The third-order valence-electron chi connectivity index (χ3n) is 4.58. The van der Waals surface area contributed by atoms with Crippen molar-refractivity contribution in [3.05, 3.63) is 34.9 Å². The predicted octanol–water partition coefficient (Wildman–Crippen LogP) is 3.98. The third kappa shape index (κ3) is 2.59. The molecule has 2 atom stereocenters. The van der Waals surface area contributed by atoms with E-state index in [9.17, 15) is 23.1 Å². The quantitative estimate of drug-likeness (QED) is 0.823. The molecule has 1 aliphatic heterocycles. The number of rotatable bonds is 1. The molecule has 4 nitrogen and oxygen atoms in total. The van der Waals surface area contributed by atoms with Gasteiger partial charge in [0.2, 0.25) is 0 Å². The molecular formula is C16H16ClF3N2O2. The maximum absolute atomic E-state index is 13.7. The fourth-order valence-corrected chi connectivity index (χ4v) is 3.56. The van der Waals surface area contributed by atoms with Crippen molar-refractivity contribution in [2.45, 2.75) is 44.0 Å². The van der Waals surface area contributed by atoms with Crippen LogP contribution in [0.25, 0.3) is 0 Å². The number of alkyl halides is 3. The van der Waals surface area contributed by atoms with Crippen molar-refractivity contribution >= 4 is 23.2 Å². The Balaban J connectivity index is 2.07. The van der Waals surface area contributed by atoms with Crippen molar-refractivity contribution < 1.29 is 23.1 Å². The molecule has 8 heteroatoms. The van der Waals surface area contributed by atoms with E-state index in [0.29, 0.717) is 19.3 Å². The number of hydrogen-bond donors (Lipinski definition) is 1. The molecule has 0 bridgehead atoms. The average Bonchev–Trinajstić information content (AvgIpc) is 2.68. The maximum atomic E-state index is 13.7. The smallest absolute Gasteiger partial charge is 0.362 e. The van der Waals surface area contributed by atoms with Crippen molar-refractivity contribution in [3.63, 3.8) is 0 Å². The molecule has 0 aromatic heterocycles. The highest BCUT2D eigenvalue weighted by Crippen LogP contribution is 2.48. The van der Waals surface area contributed by atoms with E-state index in [1.54, 1.807) is 6.07 Å². The summed E-state index contributed by atoms with van der Waals surface area (Å²) in [6.45, 7) is 0. The number of halogens is 4. The van der Waals surface area contributed by atoms with Crippen LogP contribution in [-0.4, -0.2) is 33.6 Å². The second-order valence-electron chi connectivity index (χ2n) is 6.06. The molecule has 24 heavy (non-hydrogen) atoms. The molecule has 1 aromatic rings. The lowest BCUT2D eigenvalue weighted by Crippen LogP contribution is -2.61. The second kappa shape index (κ2) is 6.04. The minimum atomic E-state index is -5.02. The van der Waals surface area contributed by atoms with Crippen LogP contribution in [0.1, 0.15) is 42.5 Å². The molecule has 1 aromatic carbocycles. The maximum Gasteiger partial charge on any atom is 0.439 e.